The highest BCUT2D eigenvalue weighted by atomic mass is 16.5. The maximum Gasteiger partial charge on any atom is 0.180 e. The Kier molecular flexibility index (Phi) is 4.60. The average Bonchev–Trinajstić information content (AvgIpc) is 2.31. The summed E-state index contributed by atoms with van der Waals surface area (Å²) in [7, 11) is 0. The Hall–Kier alpha value is -1.75. The van der Waals surface area contributed by atoms with Crippen molar-refractivity contribution in [2.45, 2.75) is 19.4 Å². The first kappa shape index (κ1) is 12.3. The number of benzene rings is 1. The third-order valence-electron chi connectivity index (χ3n) is 2.19. The molecule has 1 aromatic rings. The summed E-state index contributed by atoms with van der Waals surface area (Å²) in [4.78, 5) is 0. The van der Waals surface area contributed by atoms with Crippen LogP contribution in [0.1, 0.15) is 12.5 Å². The van der Waals surface area contributed by atoms with Gasteiger partial charge in [0, 0.05) is 6.61 Å². The second-order valence-corrected chi connectivity index (χ2v) is 3.37. The highest BCUT2D eigenvalue weighted by molar-refractivity contribution is 5.84. The molecule has 4 N–H and O–H groups in total. The number of para-hydroxylation sites is 1. The normalized spacial score (nSPS) is 13.5. The molecule has 5 nitrogen and oxygen atoms in total. The number of aliphatic hydroxyl groups excluding tert-OH is 1. The van der Waals surface area contributed by atoms with Crippen LogP contribution in [0.25, 0.3) is 0 Å². The minimum absolute atomic E-state index is 0.0128. The molecule has 88 valence electrons. The van der Waals surface area contributed by atoms with Crippen molar-refractivity contribution >= 4 is 5.84 Å². The second kappa shape index (κ2) is 5.97. The molecule has 1 unspecified atom stereocenters. The standard InChI is InChI=1S/C11H16N2O3/c1-8(11(12)13-15)16-10-5-3-2-4-9(10)6-7-14/h2-5,8,14-15H,6-7H2,1H3,(H2,12,13). The van der Waals surface area contributed by atoms with E-state index in [1.165, 1.54) is 0 Å². The third-order valence-corrected chi connectivity index (χ3v) is 2.19. The number of aliphatic hydroxyl groups is 1. The summed E-state index contributed by atoms with van der Waals surface area (Å²) >= 11 is 0. The van der Waals surface area contributed by atoms with Crippen LogP contribution in [-0.2, 0) is 6.42 Å². The Bertz CT molecular complexity index is 366. The number of nitrogens with zero attached hydrogens (tertiary/aromatic N) is 1. The first-order valence-electron chi connectivity index (χ1n) is 5.02. The number of oxime groups is 1. The molecular weight excluding hydrogens is 208 g/mol. The van der Waals surface area contributed by atoms with Gasteiger partial charge in [0.2, 0.25) is 0 Å². The summed E-state index contributed by atoms with van der Waals surface area (Å²) in [6.45, 7) is 1.74. The summed E-state index contributed by atoms with van der Waals surface area (Å²) in [6.07, 6.45) is 0.00356. The van der Waals surface area contributed by atoms with Crippen LogP contribution in [0.5, 0.6) is 5.75 Å². The molecule has 0 fully saturated rings. The van der Waals surface area contributed by atoms with Crippen molar-refractivity contribution in [1.82, 2.24) is 0 Å². The Morgan fingerprint density at radius 2 is 2.19 bits per heavy atom. The maximum absolute atomic E-state index is 8.89. The quantitative estimate of drug-likeness (QED) is 0.298. The molecule has 0 spiro atoms. The fourth-order valence-corrected chi connectivity index (χ4v) is 1.28. The molecule has 0 radical (unpaired) electrons. The summed E-state index contributed by atoms with van der Waals surface area (Å²) in [6, 6.07) is 7.35. The summed E-state index contributed by atoms with van der Waals surface area (Å²) in [5, 5.41) is 20.3. The second-order valence-electron chi connectivity index (χ2n) is 3.37. The summed E-state index contributed by atoms with van der Waals surface area (Å²) in [5.41, 5.74) is 6.31. The molecule has 0 aliphatic carbocycles. The maximum atomic E-state index is 8.89. The van der Waals surface area contributed by atoms with Crippen molar-refractivity contribution in [3.8, 4) is 5.75 Å². The van der Waals surface area contributed by atoms with Crippen LogP contribution in [0.2, 0.25) is 0 Å². The van der Waals surface area contributed by atoms with Gasteiger partial charge in [0.1, 0.15) is 5.75 Å². The molecule has 1 atom stereocenters. The molecule has 16 heavy (non-hydrogen) atoms. The van der Waals surface area contributed by atoms with Gasteiger partial charge < -0.3 is 20.8 Å². The van der Waals surface area contributed by atoms with Gasteiger partial charge in [0.15, 0.2) is 11.9 Å². The Morgan fingerprint density at radius 1 is 1.50 bits per heavy atom. The van der Waals surface area contributed by atoms with Gasteiger partial charge >= 0.3 is 0 Å². The minimum Gasteiger partial charge on any atom is -0.482 e. The van der Waals surface area contributed by atoms with Gasteiger partial charge in [-0.3, -0.25) is 0 Å². The fourth-order valence-electron chi connectivity index (χ4n) is 1.28. The summed E-state index contributed by atoms with van der Waals surface area (Å²) in [5.74, 6) is 0.648. The Morgan fingerprint density at radius 3 is 2.81 bits per heavy atom. The van der Waals surface area contributed by atoms with Gasteiger partial charge in [0.05, 0.1) is 0 Å². The molecule has 0 saturated carbocycles. The predicted octanol–water partition coefficient (Wildman–Crippen LogP) is 0.735. The van der Waals surface area contributed by atoms with Gasteiger partial charge in [0.25, 0.3) is 0 Å². The molecule has 5 heteroatoms. The zero-order chi connectivity index (χ0) is 12.0. The minimum atomic E-state index is -0.509. The van der Waals surface area contributed by atoms with Crippen LogP contribution in [-0.4, -0.2) is 28.9 Å². The fraction of sp³-hybridized carbons (Fsp3) is 0.364. The Labute approximate surface area is 94.1 Å². The molecule has 1 aromatic carbocycles. The van der Waals surface area contributed by atoms with Crippen molar-refractivity contribution < 1.29 is 15.1 Å². The van der Waals surface area contributed by atoms with Crippen LogP contribution < -0.4 is 10.5 Å². The van der Waals surface area contributed by atoms with E-state index in [0.29, 0.717) is 12.2 Å². The van der Waals surface area contributed by atoms with Crippen LogP contribution in [0, 0.1) is 0 Å². The van der Waals surface area contributed by atoms with Crippen molar-refractivity contribution in [3.63, 3.8) is 0 Å². The van der Waals surface area contributed by atoms with Crippen LogP contribution in [0.15, 0.2) is 29.4 Å². The Balaban J connectivity index is 2.80. The smallest absolute Gasteiger partial charge is 0.180 e. The van der Waals surface area contributed by atoms with E-state index in [-0.39, 0.29) is 12.4 Å². The number of rotatable bonds is 5. The lowest BCUT2D eigenvalue weighted by atomic mass is 10.1. The largest absolute Gasteiger partial charge is 0.482 e. The molecule has 0 bridgehead atoms. The lowest BCUT2D eigenvalue weighted by Gasteiger charge is -2.15. The average molecular weight is 224 g/mol. The third kappa shape index (κ3) is 3.13. The van der Waals surface area contributed by atoms with Gasteiger partial charge in [-0.05, 0) is 25.0 Å². The zero-order valence-electron chi connectivity index (χ0n) is 9.13. The lowest BCUT2D eigenvalue weighted by molar-refractivity contribution is 0.259. The molecule has 0 aromatic heterocycles. The first-order valence-corrected chi connectivity index (χ1v) is 5.02. The molecule has 0 amide bonds. The monoisotopic (exact) mass is 224 g/mol. The predicted molar refractivity (Wildman–Crippen MR) is 60.7 cm³/mol. The zero-order valence-corrected chi connectivity index (χ0v) is 9.13. The van der Waals surface area contributed by atoms with Crippen molar-refractivity contribution in [2.75, 3.05) is 6.61 Å². The van der Waals surface area contributed by atoms with Gasteiger partial charge in [-0.25, -0.2) is 0 Å². The van der Waals surface area contributed by atoms with E-state index >= 15 is 0 Å². The highest BCUT2D eigenvalue weighted by Gasteiger charge is 2.11. The van der Waals surface area contributed by atoms with Crippen LogP contribution in [0.3, 0.4) is 0 Å². The van der Waals surface area contributed by atoms with Crippen LogP contribution >= 0.6 is 0 Å². The molecule has 0 aliphatic heterocycles. The summed E-state index contributed by atoms with van der Waals surface area (Å²) < 4.78 is 5.52. The number of amidine groups is 1. The molecule has 0 saturated heterocycles. The molecule has 0 heterocycles. The number of hydrogen-bond donors (Lipinski definition) is 3. The van der Waals surface area contributed by atoms with E-state index < -0.39 is 6.10 Å². The van der Waals surface area contributed by atoms with E-state index in [4.69, 9.17) is 20.8 Å². The van der Waals surface area contributed by atoms with E-state index in [9.17, 15) is 0 Å². The van der Waals surface area contributed by atoms with E-state index in [1.807, 2.05) is 18.2 Å². The number of hydrogen-bond acceptors (Lipinski definition) is 4. The molecule has 1 rings (SSSR count). The SMILES string of the molecule is CC(Oc1ccccc1CCO)/C(N)=N/O. The molecule has 0 aliphatic rings. The van der Waals surface area contributed by atoms with E-state index in [2.05, 4.69) is 5.16 Å². The van der Waals surface area contributed by atoms with Crippen molar-refractivity contribution in [3.05, 3.63) is 29.8 Å². The number of nitrogens with two attached hydrogens (primary N) is 1. The number of ether oxygens (including phenoxy) is 1. The highest BCUT2D eigenvalue weighted by Crippen LogP contribution is 2.19. The first-order chi connectivity index (χ1) is 7.69. The van der Waals surface area contributed by atoms with Crippen LogP contribution in [0.4, 0.5) is 0 Å². The lowest BCUT2D eigenvalue weighted by Crippen LogP contribution is -2.31. The van der Waals surface area contributed by atoms with E-state index in [0.717, 1.165) is 5.56 Å². The van der Waals surface area contributed by atoms with Crippen molar-refractivity contribution in [2.24, 2.45) is 10.9 Å². The molecular formula is C11H16N2O3. The van der Waals surface area contributed by atoms with Gasteiger partial charge in [-0.15, -0.1) is 0 Å². The van der Waals surface area contributed by atoms with Crippen molar-refractivity contribution in [1.29, 1.82) is 0 Å². The topological polar surface area (TPSA) is 88.1 Å². The van der Waals surface area contributed by atoms with E-state index in [1.54, 1.807) is 13.0 Å². The van der Waals surface area contributed by atoms with Gasteiger partial charge in [-0.1, -0.05) is 23.4 Å². The van der Waals surface area contributed by atoms with Gasteiger partial charge in [-0.2, -0.15) is 0 Å².